The molecule has 5 nitrogen and oxygen atoms in total. The van der Waals surface area contributed by atoms with Crippen molar-refractivity contribution in [1.29, 1.82) is 0 Å². The fourth-order valence-corrected chi connectivity index (χ4v) is 2.88. The maximum Gasteiger partial charge on any atom is 0.244 e. The minimum atomic E-state index is -3.56. The molecule has 18 heavy (non-hydrogen) atoms. The van der Waals surface area contributed by atoms with Crippen molar-refractivity contribution in [3.63, 3.8) is 0 Å². The number of nitrogens with one attached hydrogen (secondary N) is 2. The molecule has 102 valence electrons. The van der Waals surface area contributed by atoms with Gasteiger partial charge < -0.3 is 5.32 Å². The molecule has 0 saturated carbocycles. The van der Waals surface area contributed by atoms with Crippen LogP contribution in [0, 0.1) is 5.41 Å². The molecule has 1 rings (SSSR count). The third kappa shape index (κ3) is 3.43. The van der Waals surface area contributed by atoms with Crippen LogP contribution in [0.3, 0.4) is 0 Å². The first-order chi connectivity index (χ1) is 8.18. The normalized spacial score (nSPS) is 14.3. The lowest BCUT2D eigenvalue weighted by Gasteiger charge is -2.28. The van der Waals surface area contributed by atoms with E-state index in [0.29, 0.717) is 5.82 Å². The number of sulfonamides is 1. The molecule has 0 aliphatic heterocycles. The van der Waals surface area contributed by atoms with E-state index in [1.165, 1.54) is 6.07 Å². The number of hydrogen-bond acceptors (Lipinski definition) is 4. The predicted molar refractivity (Wildman–Crippen MR) is 73.0 cm³/mol. The zero-order valence-electron chi connectivity index (χ0n) is 11.5. The van der Waals surface area contributed by atoms with Crippen molar-refractivity contribution in [2.24, 2.45) is 5.41 Å². The zero-order chi connectivity index (χ0) is 14.0. The first-order valence-corrected chi connectivity index (χ1v) is 7.32. The van der Waals surface area contributed by atoms with Crippen LogP contribution in [0.4, 0.5) is 5.82 Å². The molecular weight excluding hydrogens is 250 g/mol. The number of hydrogen-bond donors (Lipinski definition) is 2. The van der Waals surface area contributed by atoms with Crippen LogP contribution in [0.2, 0.25) is 0 Å². The second-order valence-corrected chi connectivity index (χ2v) is 6.99. The molecule has 1 heterocycles. The van der Waals surface area contributed by atoms with Gasteiger partial charge in [-0.05, 0) is 24.5 Å². The topological polar surface area (TPSA) is 71.1 Å². The standard InChI is InChI=1S/C12H21N3O2S/c1-9(12(2,3)4)15-18(16,17)10-7-6-8-14-11(10)13-5/h6-9,15H,1-5H3,(H,13,14). The van der Waals surface area contributed by atoms with Crippen LogP contribution in [-0.2, 0) is 10.0 Å². The number of anilines is 1. The lowest BCUT2D eigenvalue weighted by atomic mass is 9.89. The fraction of sp³-hybridized carbons (Fsp3) is 0.583. The van der Waals surface area contributed by atoms with Gasteiger partial charge in [-0.3, -0.25) is 0 Å². The van der Waals surface area contributed by atoms with Gasteiger partial charge in [0.15, 0.2) is 0 Å². The molecule has 1 unspecified atom stereocenters. The molecule has 0 aromatic carbocycles. The van der Waals surface area contributed by atoms with Gasteiger partial charge in [0.25, 0.3) is 0 Å². The molecular formula is C12H21N3O2S. The largest absolute Gasteiger partial charge is 0.372 e. The Morgan fingerprint density at radius 1 is 1.33 bits per heavy atom. The van der Waals surface area contributed by atoms with Gasteiger partial charge >= 0.3 is 0 Å². The summed E-state index contributed by atoms with van der Waals surface area (Å²) in [5.41, 5.74) is -0.144. The molecule has 0 amide bonds. The van der Waals surface area contributed by atoms with E-state index in [4.69, 9.17) is 0 Å². The van der Waals surface area contributed by atoms with E-state index in [1.807, 2.05) is 27.7 Å². The summed E-state index contributed by atoms with van der Waals surface area (Å²) in [6.45, 7) is 7.82. The molecule has 1 atom stereocenters. The van der Waals surface area contributed by atoms with E-state index in [2.05, 4.69) is 15.0 Å². The van der Waals surface area contributed by atoms with Gasteiger partial charge in [-0.1, -0.05) is 20.8 Å². The highest BCUT2D eigenvalue weighted by Crippen LogP contribution is 2.23. The van der Waals surface area contributed by atoms with Crippen LogP contribution < -0.4 is 10.0 Å². The summed E-state index contributed by atoms with van der Waals surface area (Å²) in [5, 5.41) is 2.78. The number of rotatable bonds is 4. The van der Waals surface area contributed by atoms with Crippen LogP contribution in [0.5, 0.6) is 0 Å². The third-order valence-corrected chi connectivity index (χ3v) is 4.50. The summed E-state index contributed by atoms with van der Waals surface area (Å²) in [6.07, 6.45) is 1.55. The highest BCUT2D eigenvalue weighted by molar-refractivity contribution is 7.89. The minimum Gasteiger partial charge on any atom is -0.372 e. The van der Waals surface area contributed by atoms with Crippen molar-refractivity contribution >= 4 is 15.8 Å². The lowest BCUT2D eigenvalue weighted by Crippen LogP contribution is -2.41. The average Bonchev–Trinajstić information content (AvgIpc) is 2.27. The van der Waals surface area contributed by atoms with E-state index in [9.17, 15) is 8.42 Å². The maximum absolute atomic E-state index is 12.3. The minimum absolute atomic E-state index is 0.144. The maximum atomic E-state index is 12.3. The highest BCUT2D eigenvalue weighted by Gasteiger charge is 2.27. The Morgan fingerprint density at radius 2 is 1.94 bits per heavy atom. The van der Waals surface area contributed by atoms with Gasteiger partial charge in [0.2, 0.25) is 10.0 Å². The van der Waals surface area contributed by atoms with Crippen LogP contribution in [0.25, 0.3) is 0 Å². The zero-order valence-corrected chi connectivity index (χ0v) is 12.3. The molecule has 0 aliphatic rings. The van der Waals surface area contributed by atoms with Crippen LogP contribution >= 0.6 is 0 Å². The van der Waals surface area contributed by atoms with Crippen molar-refractivity contribution in [2.75, 3.05) is 12.4 Å². The van der Waals surface area contributed by atoms with Gasteiger partial charge in [-0.2, -0.15) is 0 Å². The first-order valence-electron chi connectivity index (χ1n) is 5.83. The van der Waals surface area contributed by atoms with Crippen molar-refractivity contribution in [1.82, 2.24) is 9.71 Å². The molecule has 0 saturated heterocycles. The molecule has 6 heteroatoms. The van der Waals surface area contributed by atoms with E-state index < -0.39 is 10.0 Å². The fourth-order valence-electron chi connectivity index (χ4n) is 1.27. The quantitative estimate of drug-likeness (QED) is 0.876. The second-order valence-electron chi connectivity index (χ2n) is 5.31. The predicted octanol–water partition coefficient (Wildman–Crippen LogP) is 1.84. The van der Waals surface area contributed by atoms with Gasteiger partial charge in [0, 0.05) is 19.3 Å². The molecule has 1 aromatic heterocycles. The Bertz CT molecular complexity index is 506. The summed E-state index contributed by atoms with van der Waals surface area (Å²) < 4.78 is 27.2. The van der Waals surface area contributed by atoms with Crippen molar-refractivity contribution in [3.05, 3.63) is 18.3 Å². The Labute approximate surface area is 109 Å². The molecule has 0 spiro atoms. The Morgan fingerprint density at radius 3 is 2.44 bits per heavy atom. The second kappa shape index (κ2) is 5.24. The smallest absolute Gasteiger partial charge is 0.244 e. The van der Waals surface area contributed by atoms with Gasteiger partial charge in [-0.15, -0.1) is 0 Å². The summed E-state index contributed by atoms with van der Waals surface area (Å²) in [7, 11) is -1.91. The van der Waals surface area contributed by atoms with E-state index in [0.717, 1.165) is 0 Å². The Balaban J connectivity index is 3.08. The van der Waals surface area contributed by atoms with E-state index in [-0.39, 0.29) is 16.4 Å². The van der Waals surface area contributed by atoms with E-state index in [1.54, 1.807) is 19.3 Å². The molecule has 2 N–H and O–H groups in total. The molecule has 0 fully saturated rings. The van der Waals surface area contributed by atoms with Gasteiger partial charge in [-0.25, -0.2) is 18.1 Å². The lowest BCUT2D eigenvalue weighted by molar-refractivity contribution is 0.317. The molecule has 1 aromatic rings. The average molecular weight is 271 g/mol. The van der Waals surface area contributed by atoms with Crippen molar-refractivity contribution in [2.45, 2.75) is 38.6 Å². The summed E-state index contributed by atoms with van der Waals surface area (Å²) in [6, 6.07) is 2.97. The molecule has 0 radical (unpaired) electrons. The number of pyridine rings is 1. The van der Waals surface area contributed by atoms with Gasteiger partial charge in [0.05, 0.1) is 0 Å². The van der Waals surface area contributed by atoms with E-state index >= 15 is 0 Å². The summed E-state index contributed by atoms with van der Waals surface area (Å²) >= 11 is 0. The molecule has 0 aliphatic carbocycles. The Hall–Kier alpha value is -1.14. The number of aromatic nitrogens is 1. The summed E-state index contributed by atoms with van der Waals surface area (Å²) in [4.78, 5) is 4.17. The van der Waals surface area contributed by atoms with Crippen LogP contribution in [0.15, 0.2) is 23.2 Å². The SMILES string of the molecule is CNc1ncccc1S(=O)(=O)NC(C)C(C)(C)C. The monoisotopic (exact) mass is 271 g/mol. The van der Waals surface area contributed by atoms with Crippen molar-refractivity contribution in [3.8, 4) is 0 Å². The molecule has 0 bridgehead atoms. The Kier molecular flexibility index (Phi) is 4.34. The summed E-state index contributed by atoms with van der Waals surface area (Å²) in [5.74, 6) is 0.353. The first kappa shape index (κ1) is 14.9. The van der Waals surface area contributed by atoms with Crippen molar-refractivity contribution < 1.29 is 8.42 Å². The highest BCUT2D eigenvalue weighted by atomic mass is 32.2. The third-order valence-electron chi connectivity index (χ3n) is 2.93. The van der Waals surface area contributed by atoms with Gasteiger partial charge in [0.1, 0.15) is 10.7 Å². The van der Waals surface area contributed by atoms with Crippen LogP contribution in [0.1, 0.15) is 27.7 Å². The van der Waals surface area contributed by atoms with Crippen LogP contribution in [-0.4, -0.2) is 26.5 Å². The number of nitrogens with zero attached hydrogens (tertiary/aromatic N) is 1.